The number of hydrogen-bond donors (Lipinski definition) is 2. The topological polar surface area (TPSA) is 24.1 Å². The first-order valence-electron chi connectivity index (χ1n) is 8.79. The van der Waals surface area contributed by atoms with Crippen molar-refractivity contribution >= 4 is 23.0 Å². The van der Waals surface area contributed by atoms with Gasteiger partial charge in [-0.2, -0.15) is 13.2 Å². The lowest BCUT2D eigenvalue weighted by Gasteiger charge is -2.14. The van der Waals surface area contributed by atoms with Crippen LogP contribution in [0.1, 0.15) is 11.1 Å². The minimum absolute atomic E-state index is 0.426. The van der Waals surface area contributed by atoms with E-state index in [9.17, 15) is 13.2 Å². The summed E-state index contributed by atoms with van der Waals surface area (Å²) < 4.78 is 38.4. The quantitative estimate of drug-likeness (QED) is 0.521. The van der Waals surface area contributed by atoms with E-state index in [0.717, 1.165) is 22.9 Å². The molecule has 0 aromatic heterocycles. The normalized spacial score (nSPS) is 11.1. The zero-order chi connectivity index (χ0) is 20.0. The third-order valence-electron chi connectivity index (χ3n) is 4.21. The number of hydrogen-bond acceptors (Lipinski definition) is 1. The number of halogens is 3. The van der Waals surface area contributed by atoms with Gasteiger partial charge in [0.2, 0.25) is 0 Å². The summed E-state index contributed by atoms with van der Waals surface area (Å²) in [5.41, 5.74) is 2.92. The average molecular weight is 400 g/mol. The van der Waals surface area contributed by atoms with Gasteiger partial charge in [0.25, 0.3) is 0 Å². The molecule has 0 bridgehead atoms. The van der Waals surface area contributed by atoms with E-state index in [1.807, 2.05) is 54.6 Å². The molecule has 0 aliphatic heterocycles. The first-order chi connectivity index (χ1) is 13.4. The van der Waals surface area contributed by atoms with Gasteiger partial charge >= 0.3 is 6.18 Å². The summed E-state index contributed by atoms with van der Waals surface area (Å²) in [5, 5.41) is 6.65. The highest BCUT2D eigenvalue weighted by Crippen LogP contribution is 2.29. The molecule has 0 aliphatic carbocycles. The summed E-state index contributed by atoms with van der Waals surface area (Å²) in [6.45, 7) is 0.431. The van der Waals surface area contributed by atoms with Gasteiger partial charge in [0.1, 0.15) is 0 Å². The van der Waals surface area contributed by atoms with Crippen molar-refractivity contribution in [2.45, 2.75) is 12.6 Å². The zero-order valence-electron chi connectivity index (χ0n) is 15.0. The summed E-state index contributed by atoms with van der Waals surface area (Å²) in [4.78, 5) is 0. The van der Waals surface area contributed by atoms with Gasteiger partial charge in [-0.1, -0.05) is 66.7 Å². The molecule has 0 fully saturated rings. The molecule has 0 saturated heterocycles. The maximum absolute atomic E-state index is 12.8. The molecule has 0 saturated carbocycles. The Morgan fingerprint density at radius 2 is 1.57 bits per heavy atom. The van der Waals surface area contributed by atoms with Gasteiger partial charge in [-0.15, -0.1) is 0 Å². The molecule has 2 nitrogen and oxygen atoms in total. The number of nitrogens with one attached hydrogen (secondary N) is 2. The van der Waals surface area contributed by atoms with E-state index >= 15 is 0 Å². The predicted octanol–water partition coefficient (Wildman–Crippen LogP) is 5.90. The fraction of sp³-hybridized carbons (Fsp3) is 0.136. The van der Waals surface area contributed by atoms with Crippen molar-refractivity contribution in [3.63, 3.8) is 0 Å². The Bertz CT molecular complexity index is 940. The van der Waals surface area contributed by atoms with Crippen LogP contribution in [0.5, 0.6) is 0 Å². The van der Waals surface area contributed by atoms with Crippen LogP contribution in [-0.2, 0) is 12.6 Å². The number of benzene rings is 3. The van der Waals surface area contributed by atoms with Crippen LogP contribution in [0.15, 0.2) is 78.9 Å². The molecule has 28 heavy (non-hydrogen) atoms. The fourth-order valence-corrected chi connectivity index (χ4v) is 3.06. The van der Waals surface area contributed by atoms with Crippen LogP contribution in [0.3, 0.4) is 0 Å². The highest BCUT2D eigenvalue weighted by atomic mass is 32.1. The monoisotopic (exact) mass is 400 g/mol. The Kier molecular flexibility index (Phi) is 6.31. The second-order valence-electron chi connectivity index (χ2n) is 6.24. The number of alkyl halides is 3. The van der Waals surface area contributed by atoms with Crippen LogP contribution in [0.4, 0.5) is 18.9 Å². The van der Waals surface area contributed by atoms with Gasteiger partial charge < -0.3 is 10.6 Å². The molecule has 0 spiro atoms. The van der Waals surface area contributed by atoms with Crippen LogP contribution in [-0.4, -0.2) is 11.7 Å². The molecule has 3 aromatic rings. The molecule has 144 valence electrons. The van der Waals surface area contributed by atoms with Crippen molar-refractivity contribution in [2.75, 3.05) is 11.9 Å². The molecule has 0 amide bonds. The van der Waals surface area contributed by atoms with E-state index in [1.165, 1.54) is 12.1 Å². The third-order valence-corrected chi connectivity index (χ3v) is 4.46. The summed E-state index contributed by atoms with van der Waals surface area (Å²) in [7, 11) is 0. The number of thiocarbonyl (C=S) groups is 1. The van der Waals surface area contributed by atoms with Crippen LogP contribution in [0.25, 0.3) is 11.1 Å². The molecule has 0 atom stereocenters. The minimum Gasteiger partial charge on any atom is -0.362 e. The molecule has 6 heteroatoms. The lowest BCUT2D eigenvalue weighted by molar-refractivity contribution is -0.137. The van der Waals surface area contributed by atoms with Crippen LogP contribution in [0, 0.1) is 0 Å². The van der Waals surface area contributed by atoms with Crippen LogP contribution < -0.4 is 10.6 Å². The maximum Gasteiger partial charge on any atom is 0.416 e. The molecular weight excluding hydrogens is 381 g/mol. The smallest absolute Gasteiger partial charge is 0.362 e. The Balaban J connectivity index is 1.59. The highest BCUT2D eigenvalue weighted by molar-refractivity contribution is 7.80. The molecule has 0 heterocycles. The van der Waals surface area contributed by atoms with E-state index in [-0.39, 0.29) is 0 Å². The summed E-state index contributed by atoms with van der Waals surface area (Å²) >= 11 is 5.34. The first-order valence-corrected chi connectivity index (χ1v) is 9.20. The van der Waals surface area contributed by atoms with Crippen molar-refractivity contribution < 1.29 is 13.2 Å². The molecule has 0 radical (unpaired) electrons. The standard InChI is InChI=1S/C22H19F3N2S/c23-22(24,25)18-10-6-7-16(15-18)13-14-26-21(28)27-20-12-5-4-11-19(20)17-8-2-1-3-9-17/h1-12,15H,13-14H2,(H2,26,27,28). The third kappa shape index (κ3) is 5.33. The largest absolute Gasteiger partial charge is 0.416 e. The Morgan fingerprint density at radius 3 is 2.32 bits per heavy atom. The Hall–Kier alpha value is -2.86. The van der Waals surface area contributed by atoms with Gasteiger partial charge in [-0.25, -0.2) is 0 Å². The molecule has 2 N–H and O–H groups in total. The van der Waals surface area contributed by atoms with E-state index < -0.39 is 11.7 Å². The maximum atomic E-state index is 12.8. The van der Waals surface area contributed by atoms with Gasteiger partial charge in [-0.3, -0.25) is 0 Å². The van der Waals surface area contributed by atoms with Crippen LogP contribution in [0.2, 0.25) is 0 Å². The van der Waals surface area contributed by atoms with E-state index in [2.05, 4.69) is 10.6 Å². The minimum atomic E-state index is -4.33. The number of anilines is 1. The summed E-state index contributed by atoms with van der Waals surface area (Å²) in [6, 6.07) is 23.1. The lowest BCUT2D eigenvalue weighted by Crippen LogP contribution is -2.30. The fourth-order valence-electron chi connectivity index (χ4n) is 2.85. The molecule has 3 rings (SSSR count). The second-order valence-corrected chi connectivity index (χ2v) is 6.65. The number of rotatable bonds is 5. The molecule has 0 unspecified atom stereocenters. The SMILES string of the molecule is FC(F)(F)c1cccc(CCNC(=S)Nc2ccccc2-c2ccccc2)c1. The highest BCUT2D eigenvalue weighted by Gasteiger charge is 2.30. The molecular formula is C22H19F3N2S. The van der Waals surface area contributed by atoms with Crippen molar-refractivity contribution in [3.05, 3.63) is 90.0 Å². The summed E-state index contributed by atoms with van der Waals surface area (Å²) in [5.74, 6) is 0. The predicted molar refractivity (Wildman–Crippen MR) is 111 cm³/mol. The van der Waals surface area contributed by atoms with Crippen molar-refractivity contribution in [2.24, 2.45) is 0 Å². The van der Waals surface area contributed by atoms with Gasteiger partial charge in [-0.05, 0) is 41.9 Å². The van der Waals surface area contributed by atoms with Crippen molar-refractivity contribution in [1.29, 1.82) is 0 Å². The van der Waals surface area contributed by atoms with Gasteiger partial charge in [0.15, 0.2) is 5.11 Å². The van der Waals surface area contributed by atoms with E-state index in [1.54, 1.807) is 6.07 Å². The molecule has 0 aliphatic rings. The zero-order valence-corrected chi connectivity index (χ0v) is 15.8. The molecule has 3 aromatic carbocycles. The average Bonchev–Trinajstić information content (AvgIpc) is 2.69. The summed E-state index contributed by atoms with van der Waals surface area (Å²) in [6.07, 6.45) is -3.90. The van der Waals surface area contributed by atoms with E-state index in [0.29, 0.717) is 23.6 Å². The van der Waals surface area contributed by atoms with Gasteiger partial charge in [0.05, 0.1) is 5.56 Å². The Morgan fingerprint density at radius 1 is 0.857 bits per heavy atom. The van der Waals surface area contributed by atoms with Crippen molar-refractivity contribution in [1.82, 2.24) is 5.32 Å². The van der Waals surface area contributed by atoms with E-state index in [4.69, 9.17) is 12.2 Å². The van der Waals surface area contributed by atoms with Gasteiger partial charge in [0, 0.05) is 17.8 Å². The first kappa shape index (κ1) is 19.9. The second kappa shape index (κ2) is 8.89. The van der Waals surface area contributed by atoms with Crippen LogP contribution >= 0.6 is 12.2 Å². The van der Waals surface area contributed by atoms with Crippen molar-refractivity contribution in [3.8, 4) is 11.1 Å². The Labute approximate surface area is 167 Å². The number of para-hydroxylation sites is 1. The lowest BCUT2D eigenvalue weighted by atomic mass is 10.0.